The first kappa shape index (κ1) is 17.1. The molecule has 0 amide bonds. The van der Waals surface area contributed by atoms with Crippen LogP contribution in [0.3, 0.4) is 0 Å². The fraction of sp³-hybridized carbons (Fsp3) is 0.750. The minimum atomic E-state index is -3.53. The van der Waals surface area contributed by atoms with E-state index in [-0.39, 0.29) is 5.03 Å². The maximum atomic E-state index is 12.2. The van der Waals surface area contributed by atoms with E-state index in [0.29, 0.717) is 31.2 Å². The van der Waals surface area contributed by atoms with Gasteiger partial charge in [-0.3, -0.25) is 5.10 Å². The third kappa shape index (κ3) is 4.86. The Morgan fingerprint density at radius 1 is 1.45 bits per heavy atom. The third-order valence-corrected chi connectivity index (χ3v) is 4.63. The molecule has 0 unspecified atom stereocenters. The van der Waals surface area contributed by atoms with E-state index >= 15 is 0 Å². The predicted molar refractivity (Wildman–Crippen MR) is 78.9 cm³/mol. The highest BCUT2D eigenvalue weighted by Gasteiger charge is 2.20. The average molecular weight is 303 g/mol. The molecule has 0 aliphatic heterocycles. The van der Waals surface area contributed by atoms with Crippen LogP contribution in [0.25, 0.3) is 0 Å². The molecule has 1 heterocycles. The van der Waals surface area contributed by atoms with Crippen molar-refractivity contribution in [2.75, 3.05) is 26.7 Å². The van der Waals surface area contributed by atoms with Crippen molar-refractivity contribution in [3.05, 3.63) is 11.8 Å². The van der Waals surface area contributed by atoms with Crippen molar-refractivity contribution < 1.29 is 8.42 Å². The monoisotopic (exact) mass is 303 g/mol. The number of aromatic nitrogens is 2. The van der Waals surface area contributed by atoms with Crippen LogP contribution in [0, 0.1) is 0 Å². The summed E-state index contributed by atoms with van der Waals surface area (Å²) in [5, 5.41) is 9.62. The van der Waals surface area contributed by atoms with E-state index in [0.717, 1.165) is 6.54 Å². The molecule has 0 aliphatic carbocycles. The van der Waals surface area contributed by atoms with Gasteiger partial charge < -0.3 is 10.2 Å². The minimum Gasteiger partial charge on any atom is -0.313 e. The quantitative estimate of drug-likeness (QED) is 0.604. The molecule has 0 radical (unpaired) electrons. The largest absolute Gasteiger partial charge is 0.313 e. The van der Waals surface area contributed by atoms with Crippen molar-refractivity contribution in [3.63, 3.8) is 0 Å². The SMILES string of the molecule is CCNCc1cn[nH]c1S(=O)(=O)NCCN(C)C(C)C. The number of aromatic amines is 1. The lowest BCUT2D eigenvalue weighted by Gasteiger charge is -2.20. The van der Waals surface area contributed by atoms with Crippen LogP contribution < -0.4 is 10.0 Å². The summed E-state index contributed by atoms with van der Waals surface area (Å²) in [6.45, 7) is 8.39. The first-order chi connectivity index (χ1) is 9.38. The van der Waals surface area contributed by atoms with Gasteiger partial charge in [0, 0.05) is 31.2 Å². The predicted octanol–water partition coefficient (Wildman–Crippen LogP) is 0.138. The molecule has 0 spiro atoms. The summed E-state index contributed by atoms with van der Waals surface area (Å²) < 4.78 is 27.0. The molecule has 0 saturated heterocycles. The molecule has 0 atom stereocenters. The molecule has 8 heteroatoms. The fourth-order valence-electron chi connectivity index (χ4n) is 1.60. The van der Waals surface area contributed by atoms with Crippen LogP contribution in [0.1, 0.15) is 26.3 Å². The van der Waals surface area contributed by atoms with Gasteiger partial charge in [0.2, 0.25) is 0 Å². The summed E-state index contributed by atoms with van der Waals surface area (Å²) in [5.41, 5.74) is 0.650. The first-order valence-corrected chi connectivity index (χ1v) is 8.29. The Labute approximate surface area is 121 Å². The van der Waals surface area contributed by atoms with Crippen LogP contribution in [0.4, 0.5) is 0 Å². The second kappa shape index (κ2) is 7.72. The maximum absolute atomic E-state index is 12.2. The zero-order valence-electron chi connectivity index (χ0n) is 12.6. The zero-order chi connectivity index (χ0) is 15.2. The molecule has 0 aliphatic rings. The smallest absolute Gasteiger partial charge is 0.257 e. The summed E-state index contributed by atoms with van der Waals surface area (Å²) in [6.07, 6.45) is 1.54. The molecule has 20 heavy (non-hydrogen) atoms. The van der Waals surface area contributed by atoms with E-state index in [1.807, 2.05) is 14.0 Å². The highest BCUT2D eigenvalue weighted by atomic mass is 32.2. The molecule has 0 aromatic carbocycles. The van der Waals surface area contributed by atoms with E-state index in [1.165, 1.54) is 6.20 Å². The van der Waals surface area contributed by atoms with E-state index in [4.69, 9.17) is 0 Å². The summed E-state index contributed by atoms with van der Waals surface area (Å²) in [5.74, 6) is 0. The van der Waals surface area contributed by atoms with Gasteiger partial charge in [0.05, 0.1) is 6.20 Å². The average Bonchev–Trinajstić information content (AvgIpc) is 2.84. The molecular formula is C12H25N5O2S. The van der Waals surface area contributed by atoms with Gasteiger partial charge in [-0.1, -0.05) is 6.92 Å². The van der Waals surface area contributed by atoms with E-state index < -0.39 is 10.0 Å². The second-order valence-electron chi connectivity index (χ2n) is 4.98. The number of hydrogen-bond acceptors (Lipinski definition) is 5. The third-order valence-electron chi connectivity index (χ3n) is 3.15. The number of sulfonamides is 1. The summed E-state index contributed by atoms with van der Waals surface area (Å²) in [7, 11) is -1.57. The van der Waals surface area contributed by atoms with E-state index in [2.05, 4.69) is 39.0 Å². The van der Waals surface area contributed by atoms with Gasteiger partial charge in [0.15, 0.2) is 5.03 Å². The molecule has 3 N–H and O–H groups in total. The van der Waals surface area contributed by atoms with Crippen LogP contribution in [-0.4, -0.2) is 56.2 Å². The van der Waals surface area contributed by atoms with Gasteiger partial charge in [0.25, 0.3) is 10.0 Å². The summed E-state index contributed by atoms with van der Waals surface area (Å²) >= 11 is 0. The molecular weight excluding hydrogens is 278 g/mol. The second-order valence-corrected chi connectivity index (χ2v) is 6.68. The van der Waals surface area contributed by atoms with Gasteiger partial charge in [-0.2, -0.15) is 5.10 Å². The van der Waals surface area contributed by atoms with Gasteiger partial charge in [-0.25, -0.2) is 13.1 Å². The molecule has 116 valence electrons. The lowest BCUT2D eigenvalue weighted by atomic mass is 10.3. The van der Waals surface area contributed by atoms with E-state index in [9.17, 15) is 8.42 Å². The van der Waals surface area contributed by atoms with Crippen molar-refractivity contribution >= 4 is 10.0 Å². The summed E-state index contributed by atoms with van der Waals surface area (Å²) in [6, 6.07) is 0.385. The Morgan fingerprint density at radius 3 is 2.75 bits per heavy atom. The van der Waals surface area contributed by atoms with Gasteiger partial charge in [-0.15, -0.1) is 0 Å². The molecule has 0 bridgehead atoms. The van der Waals surface area contributed by atoms with Crippen molar-refractivity contribution in [2.24, 2.45) is 0 Å². The minimum absolute atomic E-state index is 0.144. The van der Waals surface area contributed by atoms with Crippen molar-refractivity contribution in [2.45, 2.75) is 38.4 Å². The van der Waals surface area contributed by atoms with Crippen molar-refractivity contribution in [3.8, 4) is 0 Å². The number of H-pyrrole nitrogens is 1. The fourth-order valence-corrected chi connectivity index (χ4v) is 2.75. The number of nitrogens with zero attached hydrogens (tertiary/aromatic N) is 2. The van der Waals surface area contributed by atoms with Crippen molar-refractivity contribution in [1.29, 1.82) is 0 Å². The van der Waals surface area contributed by atoms with Gasteiger partial charge in [0.1, 0.15) is 0 Å². The number of rotatable bonds is 9. The van der Waals surface area contributed by atoms with Crippen LogP contribution >= 0.6 is 0 Å². The standard InChI is InChI=1S/C12H25N5O2S/c1-5-13-8-11-9-14-16-12(11)20(18,19)15-6-7-17(4)10(2)3/h9-10,13,15H,5-8H2,1-4H3,(H,14,16). The number of hydrogen-bond donors (Lipinski definition) is 3. The maximum Gasteiger partial charge on any atom is 0.257 e. The van der Waals surface area contributed by atoms with Gasteiger partial charge >= 0.3 is 0 Å². The Hall–Kier alpha value is -0.960. The summed E-state index contributed by atoms with van der Waals surface area (Å²) in [4.78, 5) is 2.08. The van der Waals surface area contributed by atoms with Crippen LogP contribution in [-0.2, 0) is 16.6 Å². The van der Waals surface area contributed by atoms with Crippen LogP contribution in [0.2, 0.25) is 0 Å². The van der Waals surface area contributed by atoms with Crippen LogP contribution in [0.15, 0.2) is 11.2 Å². The van der Waals surface area contributed by atoms with Crippen LogP contribution in [0.5, 0.6) is 0 Å². The molecule has 0 saturated carbocycles. The molecule has 0 fully saturated rings. The number of nitrogens with one attached hydrogen (secondary N) is 3. The highest BCUT2D eigenvalue weighted by Crippen LogP contribution is 2.11. The highest BCUT2D eigenvalue weighted by molar-refractivity contribution is 7.89. The molecule has 1 aromatic rings. The van der Waals surface area contributed by atoms with E-state index in [1.54, 1.807) is 0 Å². The topological polar surface area (TPSA) is 90.1 Å². The Bertz CT molecular complexity index is 498. The van der Waals surface area contributed by atoms with Gasteiger partial charge in [-0.05, 0) is 27.4 Å². The van der Waals surface area contributed by atoms with Crippen molar-refractivity contribution in [1.82, 2.24) is 25.1 Å². The molecule has 1 rings (SSSR count). The number of likely N-dealkylation sites (N-methyl/N-ethyl adjacent to an activating group) is 1. The first-order valence-electron chi connectivity index (χ1n) is 6.81. The normalized spacial score (nSPS) is 12.5. The molecule has 1 aromatic heterocycles. The zero-order valence-corrected chi connectivity index (χ0v) is 13.4. The Balaban J connectivity index is 2.62. The Morgan fingerprint density at radius 2 is 2.15 bits per heavy atom. The Kier molecular flexibility index (Phi) is 6.60. The lowest BCUT2D eigenvalue weighted by Crippen LogP contribution is -2.36. The molecule has 7 nitrogen and oxygen atoms in total. The lowest BCUT2D eigenvalue weighted by molar-refractivity contribution is 0.278.